The third kappa shape index (κ3) is 5.17. The first-order valence-electron chi connectivity index (χ1n) is 8.73. The number of nitrogens with two attached hydrogens (primary N) is 1. The Morgan fingerprint density at radius 1 is 1.08 bits per heavy atom. The molecule has 1 saturated heterocycles. The van der Waals surface area contributed by atoms with Crippen molar-refractivity contribution in [1.82, 2.24) is 5.32 Å². The molecule has 1 saturated carbocycles. The lowest BCUT2D eigenvalue weighted by molar-refractivity contribution is -0.126. The number of amides is 2. The number of rotatable bonds is 5. The fourth-order valence-corrected chi connectivity index (χ4v) is 3.34. The fraction of sp³-hybridized carbons (Fsp3) is 0.556. The summed E-state index contributed by atoms with van der Waals surface area (Å²) in [5.74, 6) is -0.209. The number of nitrogens with one attached hydrogen (secondary N) is 2. The molecule has 1 heterocycles. The summed E-state index contributed by atoms with van der Waals surface area (Å²) < 4.78 is 5.58. The van der Waals surface area contributed by atoms with E-state index in [1.54, 1.807) is 24.3 Å². The van der Waals surface area contributed by atoms with Gasteiger partial charge in [-0.25, -0.2) is 0 Å². The molecule has 0 radical (unpaired) electrons. The summed E-state index contributed by atoms with van der Waals surface area (Å²) in [4.78, 5) is 24.4. The van der Waals surface area contributed by atoms with Crippen molar-refractivity contribution < 1.29 is 14.3 Å². The molecular weight excluding hydrogens is 342 g/mol. The van der Waals surface area contributed by atoms with Gasteiger partial charge in [-0.2, -0.15) is 0 Å². The summed E-state index contributed by atoms with van der Waals surface area (Å²) in [5.41, 5.74) is 6.83. The number of hydrogen-bond donors (Lipinski definition) is 3. The van der Waals surface area contributed by atoms with Crippen molar-refractivity contribution in [1.29, 1.82) is 0 Å². The normalized spacial score (nSPS) is 23.1. The van der Waals surface area contributed by atoms with E-state index in [-0.39, 0.29) is 30.3 Å². The molecule has 0 bridgehead atoms. The van der Waals surface area contributed by atoms with Gasteiger partial charge in [0.1, 0.15) is 6.10 Å². The minimum Gasteiger partial charge on any atom is -0.364 e. The molecule has 0 unspecified atom stereocenters. The molecule has 4 N–H and O–H groups in total. The average Bonchev–Trinajstić information content (AvgIpc) is 3.26. The van der Waals surface area contributed by atoms with Crippen LogP contribution >= 0.6 is 12.4 Å². The van der Waals surface area contributed by atoms with E-state index in [0.717, 1.165) is 19.3 Å². The van der Waals surface area contributed by atoms with E-state index in [1.807, 2.05) is 0 Å². The van der Waals surface area contributed by atoms with Crippen molar-refractivity contribution in [3.8, 4) is 0 Å². The van der Waals surface area contributed by atoms with Crippen LogP contribution in [0.1, 0.15) is 48.9 Å². The first kappa shape index (κ1) is 19.7. The highest BCUT2D eigenvalue weighted by atomic mass is 35.5. The summed E-state index contributed by atoms with van der Waals surface area (Å²) in [6.07, 6.45) is 5.53. The summed E-state index contributed by atoms with van der Waals surface area (Å²) >= 11 is 0. The van der Waals surface area contributed by atoms with E-state index in [9.17, 15) is 9.59 Å². The molecule has 25 heavy (non-hydrogen) atoms. The zero-order valence-electron chi connectivity index (χ0n) is 14.2. The molecule has 1 aliphatic carbocycles. The quantitative estimate of drug-likeness (QED) is 0.743. The summed E-state index contributed by atoms with van der Waals surface area (Å²) in [6.45, 7) is 0.439. The first-order chi connectivity index (χ1) is 11.7. The van der Waals surface area contributed by atoms with Crippen molar-refractivity contribution in [2.24, 2.45) is 5.73 Å². The number of carbonyl (C=O) groups is 2. The van der Waals surface area contributed by atoms with Crippen LogP contribution in [0.5, 0.6) is 0 Å². The summed E-state index contributed by atoms with van der Waals surface area (Å²) in [6, 6.07) is 7.26. The third-order valence-electron chi connectivity index (χ3n) is 4.77. The Balaban J connectivity index is 0.00000225. The van der Waals surface area contributed by atoms with Gasteiger partial charge < -0.3 is 21.1 Å². The molecule has 2 atom stereocenters. The molecule has 0 aromatic heterocycles. The Kier molecular flexibility index (Phi) is 7.23. The molecule has 1 aromatic rings. The Bertz CT molecular complexity index is 588. The number of anilines is 1. The van der Waals surface area contributed by atoms with E-state index in [1.165, 1.54) is 12.8 Å². The zero-order chi connectivity index (χ0) is 16.9. The Morgan fingerprint density at radius 2 is 1.76 bits per heavy atom. The lowest BCUT2D eigenvalue weighted by atomic mass is 10.1. The van der Waals surface area contributed by atoms with Gasteiger partial charge in [-0.1, -0.05) is 12.8 Å². The first-order valence-corrected chi connectivity index (χ1v) is 8.73. The minimum absolute atomic E-state index is 0. The van der Waals surface area contributed by atoms with Gasteiger partial charge in [0.2, 0.25) is 0 Å². The molecule has 6 nitrogen and oxygen atoms in total. The summed E-state index contributed by atoms with van der Waals surface area (Å²) in [5, 5.41) is 5.88. The maximum atomic E-state index is 12.2. The molecule has 2 aliphatic rings. The van der Waals surface area contributed by atoms with Crippen molar-refractivity contribution >= 4 is 29.9 Å². The fourth-order valence-electron chi connectivity index (χ4n) is 3.34. The molecule has 2 amide bonds. The summed E-state index contributed by atoms with van der Waals surface area (Å²) in [7, 11) is 0. The SMILES string of the molecule is Cl.NC[C@H]1CC[C@@H](C(=O)Nc2ccc(C(=O)NC3CCCC3)cc2)O1. The zero-order valence-corrected chi connectivity index (χ0v) is 15.0. The molecule has 2 fully saturated rings. The highest BCUT2D eigenvalue weighted by Gasteiger charge is 2.29. The van der Waals surface area contributed by atoms with Crippen molar-refractivity contribution in [2.75, 3.05) is 11.9 Å². The van der Waals surface area contributed by atoms with Crippen molar-refractivity contribution in [2.45, 2.75) is 56.8 Å². The van der Waals surface area contributed by atoms with Crippen LogP contribution in [0.4, 0.5) is 5.69 Å². The Labute approximate surface area is 154 Å². The second-order valence-corrected chi connectivity index (χ2v) is 6.58. The molecule has 138 valence electrons. The Hall–Kier alpha value is -1.63. The number of ether oxygens (including phenoxy) is 1. The van der Waals surface area contributed by atoms with E-state index >= 15 is 0 Å². The van der Waals surface area contributed by atoms with Crippen LogP contribution in [-0.2, 0) is 9.53 Å². The predicted octanol–water partition coefficient (Wildman–Crippen LogP) is 2.23. The van der Waals surface area contributed by atoms with Crippen LogP contribution in [0.25, 0.3) is 0 Å². The number of halogens is 1. The minimum atomic E-state index is -0.441. The van der Waals surface area contributed by atoms with Crippen LogP contribution in [0.2, 0.25) is 0 Å². The van der Waals surface area contributed by atoms with Gasteiger partial charge in [0.15, 0.2) is 0 Å². The van der Waals surface area contributed by atoms with Gasteiger partial charge in [0.25, 0.3) is 11.8 Å². The maximum Gasteiger partial charge on any atom is 0.253 e. The third-order valence-corrected chi connectivity index (χ3v) is 4.77. The largest absolute Gasteiger partial charge is 0.364 e. The van der Waals surface area contributed by atoms with Gasteiger partial charge >= 0.3 is 0 Å². The Morgan fingerprint density at radius 3 is 2.36 bits per heavy atom. The molecule has 1 aliphatic heterocycles. The second kappa shape index (κ2) is 9.17. The monoisotopic (exact) mass is 367 g/mol. The highest BCUT2D eigenvalue weighted by Crippen LogP contribution is 2.21. The van der Waals surface area contributed by atoms with Crippen molar-refractivity contribution in [3.05, 3.63) is 29.8 Å². The standard InChI is InChI=1S/C18H25N3O3.ClH/c19-11-15-9-10-16(24-15)18(23)21-14-7-5-12(6-8-14)17(22)20-13-3-1-2-4-13;/h5-8,13,15-16H,1-4,9-11,19H2,(H,20,22)(H,21,23);1H/t15-,16+;/m1./s1. The van der Waals surface area contributed by atoms with E-state index in [2.05, 4.69) is 10.6 Å². The van der Waals surface area contributed by atoms with Gasteiger partial charge in [-0.3, -0.25) is 9.59 Å². The number of hydrogen-bond acceptors (Lipinski definition) is 4. The lowest BCUT2D eigenvalue weighted by Crippen LogP contribution is -2.32. The van der Waals surface area contributed by atoms with Crippen LogP contribution in [0.15, 0.2) is 24.3 Å². The smallest absolute Gasteiger partial charge is 0.253 e. The highest BCUT2D eigenvalue weighted by molar-refractivity contribution is 5.97. The maximum absolute atomic E-state index is 12.2. The van der Waals surface area contributed by atoms with Crippen LogP contribution in [0.3, 0.4) is 0 Å². The second-order valence-electron chi connectivity index (χ2n) is 6.58. The van der Waals surface area contributed by atoms with Gasteiger partial charge in [-0.15, -0.1) is 12.4 Å². The topological polar surface area (TPSA) is 93.5 Å². The van der Waals surface area contributed by atoms with Crippen molar-refractivity contribution in [3.63, 3.8) is 0 Å². The van der Waals surface area contributed by atoms with Crippen LogP contribution < -0.4 is 16.4 Å². The lowest BCUT2D eigenvalue weighted by Gasteiger charge is -2.14. The number of carbonyl (C=O) groups excluding carboxylic acids is 2. The van der Waals surface area contributed by atoms with Gasteiger partial charge in [0.05, 0.1) is 6.10 Å². The van der Waals surface area contributed by atoms with E-state index in [0.29, 0.717) is 30.3 Å². The number of benzene rings is 1. The van der Waals surface area contributed by atoms with Gasteiger partial charge in [0, 0.05) is 23.8 Å². The van der Waals surface area contributed by atoms with E-state index in [4.69, 9.17) is 10.5 Å². The van der Waals surface area contributed by atoms with Gasteiger partial charge in [-0.05, 0) is 49.9 Å². The van der Waals surface area contributed by atoms with E-state index < -0.39 is 6.10 Å². The predicted molar refractivity (Wildman–Crippen MR) is 99.0 cm³/mol. The molecule has 0 spiro atoms. The molecule has 7 heteroatoms. The average molecular weight is 368 g/mol. The molecular formula is C18H26ClN3O3. The molecule has 3 rings (SSSR count). The molecule has 1 aromatic carbocycles. The van der Waals surface area contributed by atoms with Crippen LogP contribution in [-0.4, -0.2) is 36.6 Å². The van der Waals surface area contributed by atoms with Crippen LogP contribution in [0, 0.1) is 0 Å².